The number of rotatable bonds is 6. The van der Waals surface area contributed by atoms with Crippen molar-refractivity contribution in [3.8, 4) is 6.07 Å². The number of aromatic nitrogens is 3. The summed E-state index contributed by atoms with van der Waals surface area (Å²) < 4.78 is 2.04. The van der Waals surface area contributed by atoms with Gasteiger partial charge in [0, 0.05) is 30.5 Å². The summed E-state index contributed by atoms with van der Waals surface area (Å²) in [6.45, 7) is 0. The number of hydrogen-bond donors (Lipinski definition) is 0. The second kappa shape index (κ2) is 6.57. The molecule has 0 amide bonds. The molecule has 2 aromatic rings. The molecule has 4 nitrogen and oxygen atoms in total. The first-order valence-corrected chi connectivity index (χ1v) is 7.58. The van der Waals surface area contributed by atoms with Crippen molar-refractivity contribution in [3.63, 3.8) is 0 Å². The molecule has 2 aromatic heterocycles. The van der Waals surface area contributed by atoms with Crippen molar-refractivity contribution < 1.29 is 0 Å². The quantitative estimate of drug-likeness (QED) is 0.602. The third-order valence-corrected chi connectivity index (χ3v) is 4.48. The Morgan fingerprint density at radius 3 is 3.11 bits per heavy atom. The Morgan fingerprint density at radius 2 is 2.39 bits per heavy atom. The molecule has 0 saturated heterocycles. The van der Waals surface area contributed by atoms with Crippen LogP contribution in [-0.4, -0.2) is 20.5 Å². The maximum Gasteiger partial charge on any atom is 0.190 e. The highest BCUT2D eigenvalue weighted by Gasteiger charge is 2.09. The summed E-state index contributed by atoms with van der Waals surface area (Å²) in [6.07, 6.45) is 2.33. The van der Waals surface area contributed by atoms with E-state index in [1.807, 2.05) is 17.7 Å². The average Bonchev–Trinajstić information content (AvgIpc) is 2.99. The van der Waals surface area contributed by atoms with Crippen LogP contribution in [-0.2, 0) is 13.5 Å². The van der Waals surface area contributed by atoms with Crippen LogP contribution >= 0.6 is 23.1 Å². The average molecular weight is 278 g/mol. The fourth-order valence-electron chi connectivity index (χ4n) is 1.51. The van der Waals surface area contributed by atoms with Gasteiger partial charge in [-0.2, -0.15) is 5.26 Å². The fourth-order valence-corrected chi connectivity index (χ4v) is 3.08. The van der Waals surface area contributed by atoms with E-state index in [0.717, 1.165) is 29.6 Å². The van der Waals surface area contributed by atoms with Crippen molar-refractivity contribution in [3.05, 3.63) is 28.2 Å². The number of nitriles is 1. The third kappa shape index (κ3) is 3.34. The van der Waals surface area contributed by atoms with Gasteiger partial charge in [0.1, 0.15) is 5.82 Å². The Hall–Kier alpha value is -1.32. The van der Waals surface area contributed by atoms with E-state index in [9.17, 15) is 0 Å². The number of nitrogens with zero attached hydrogens (tertiary/aromatic N) is 4. The van der Waals surface area contributed by atoms with Gasteiger partial charge in [0.15, 0.2) is 5.16 Å². The minimum absolute atomic E-state index is 0.604. The molecule has 94 valence electrons. The van der Waals surface area contributed by atoms with Gasteiger partial charge < -0.3 is 4.57 Å². The summed E-state index contributed by atoms with van der Waals surface area (Å²) in [7, 11) is 2.00. The molecule has 0 aliphatic heterocycles. The minimum Gasteiger partial charge on any atom is -0.309 e. The largest absolute Gasteiger partial charge is 0.309 e. The van der Waals surface area contributed by atoms with Gasteiger partial charge in [-0.05, 0) is 17.9 Å². The van der Waals surface area contributed by atoms with Crippen molar-refractivity contribution in [2.75, 3.05) is 5.75 Å². The van der Waals surface area contributed by atoms with Crippen molar-refractivity contribution in [2.24, 2.45) is 7.05 Å². The molecular weight excluding hydrogens is 264 g/mol. The molecule has 0 unspecified atom stereocenters. The Labute approximate surface area is 115 Å². The molecule has 0 N–H and O–H groups in total. The van der Waals surface area contributed by atoms with Crippen LogP contribution in [0.1, 0.15) is 23.5 Å². The van der Waals surface area contributed by atoms with Gasteiger partial charge in [-0.3, -0.25) is 0 Å². The lowest BCUT2D eigenvalue weighted by atomic mass is 10.3. The Kier molecular flexibility index (Phi) is 4.79. The van der Waals surface area contributed by atoms with E-state index < -0.39 is 0 Å². The molecule has 6 heteroatoms. The summed E-state index contributed by atoms with van der Waals surface area (Å²) in [5.74, 6) is 1.90. The third-order valence-electron chi connectivity index (χ3n) is 2.50. The molecular formula is C12H14N4S2. The van der Waals surface area contributed by atoms with Gasteiger partial charge in [0.25, 0.3) is 0 Å². The topological polar surface area (TPSA) is 54.5 Å². The first-order valence-electron chi connectivity index (χ1n) is 5.71. The Bertz CT molecular complexity index is 525. The SMILES string of the molecule is Cn1c(Cc2cccs2)nnc1SCCCC#N. The summed E-state index contributed by atoms with van der Waals surface area (Å²) in [5.41, 5.74) is 0. The molecule has 0 spiro atoms. The number of unbranched alkanes of at least 4 members (excludes halogenated alkanes) is 1. The maximum atomic E-state index is 8.47. The van der Waals surface area contributed by atoms with Crippen molar-refractivity contribution >= 4 is 23.1 Å². The van der Waals surface area contributed by atoms with E-state index >= 15 is 0 Å². The van der Waals surface area contributed by atoms with Crippen LogP contribution < -0.4 is 0 Å². The van der Waals surface area contributed by atoms with Crippen molar-refractivity contribution in [1.82, 2.24) is 14.8 Å². The molecule has 0 aliphatic carbocycles. The van der Waals surface area contributed by atoms with Crippen LogP contribution in [0.5, 0.6) is 0 Å². The predicted molar refractivity (Wildman–Crippen MR) is 73.7 cm³/mol. The van der Waals surface area contributed by atoms with Gasteiger partial charge in [0.2, 0.25) is 0 Å². The molecule has 0 aromatic carbocycles. The maximum absolute atomic E-state index is 8.47. The lowest BCUT2D eigenvalue weighted by Crippen LogP contribution is -1.99. The minimum atomic E-state index is 0.604. The van der Waals surface area contributed by atoms with Crippen LogP contribution in [0.25, 0.3) is 0 Å². The molecule has 2 heterocycles. The van der Waals surface area contributed by atoms with Crippen LogP contribution in [0.3, 0.4) is 0 Å². The zero-order valence-corrected chi connectivity index (χ0v) is 11.8. The first kappa shape index (κ1) is 13.1. The van der Waals surface area contributed by atoms with Gasteiger partial charge in [0.05, 0.1) is 6.07 Å². The van der Waals surface area contributed by atoms with Crippen molar-refractivity contribution in [1.29, 1.82) is 5.26 Å². The number of thioether (sulfide) groups is 1. The highest BCUT2D eigenvalue weighted by molar-refractivity contribution is 7.99. The molecule has 0 radical (unpaired) electrons. The zero-order chi connectivity index (χ0) is 12.8. The van der Waals surface area contributed by atoms with E-state index in [1.54, 1.807) is 23.1 Å². The van der Waals surface area contributed by atoms with Gasteiger partial charge in [-0.25, -0.2) is 0 Å². The number of thiophene rings is 1. The fraction of sp³-hybridized carbons (Fsp3) is 0.417. The van der Waals surface area contributed by atoms with E-state index in [0.29, 0.717) is 6.42 Å². The first-order chi connectivity index (χ1) is 8.81. The van der Waals surface area contributed by atoms with Gasteiger partial charge >= 0.3 is 0 Å². The molecule has 0 atom stereocenters. The van der Waals surface area contributed by atoms with E-state index in [4.69, 9.17) is 5.26 Å². The van der Waals surface area contributed by atoms with E-state index in [1.165, 1.54) is 4.88 Å². The lowest BCUT2D eigenvalue weighted by molar-refractivity contribution is 0.750. The summed E-state index contributed by atoms with van der Waals surface area (Å²) >= 11 is 3.40. The monoisotopic (exact) mass is 278 g/mol. The lowest BCUT2D eigenvalue weighted by Gasteiger charge is -2.02. The van der Waals surface area contributed by atoms with Crippen LogP contribution in [0.2, 0.25) is 0 Å². The van der Waals surface area contributed by atoms with E-state index in [-0.39, 0.29) is 0 Å². The molecule has 0 aliphatic rings. The van der Waals surface area contributed by atoms with Crippen LogP contribution in [0, 0.1) is 11.3 Å². The van der Waals surface area contributed by atoms with Crippen LogP contribution in [0.4, 0.5) is 0 Å². The predicted octanol–water partition coefficient (Wildman–Crippen LogP) is 2.86. The van der Waals surface area contributed by atoms with Crippen molar-refractivity contribution in [2.45, 2.75) is 24.4 Å². The second-order valence-electron chi connectivity index (χ2n) is 3.82. The Balaban J connectivity index is 1.94. The second-order valence-corrected chi connectivity index (χ2v) is 5.92. The highest BCUT2D eigenvalue weighted by Crippen LogP contribution is 2.19. The van der Waals surface area contributed by atoms with E-state index in [2.05, 4.69) is 27.7 Å². The Morgan fingerprint density at radius 1 is 1.50 bits per heavy atom. The smallest absolute Gasteiger partial charge is 0.190 e. The zero-order valence-electron chi connectivity index (χ0n) is 10.2. The normalized spacial score (nSPS) is 10.4. The molecule has 18 heavy (non-hydrogen) atoms. The molecule has 0 fully saturated rings. The van der Waals surface area contributed by atoms with Gasteiger partial charge in [-0.15, -0.1) is 21.5 Å². The molecule has 2 rings (SSSR count). The molecule has 0 saturated carbocycles. The number of hydrogen-bond acceptors (Lipinski definition) is 5. The summed E-state index contributed by atoms with van der Waals surface area (Å²) in [6, 6.07) is 6.31. The standard InChI is InChI=1S/C12H14N4S2/c1-16-11(9-10-5-4-8-17-10)14-15-12(16)18-7-3-2-6-13/h4-5,8H,2-3,7,9H2,1H3. The summed E-state index contributed by atoms with van der Waals surface area (Å²) in [4.78, 5) is 1.30. The van der Waals surface area contributed by atoms with Crippen LogP contribution in [0.15, 0.2) is 22.7 Å². The van der Waals surface area contributed by atoms with Gasteiger partial charge in [-0.1, -0.05) is 17.8 Å². The molecule has 0 bridgehead atoms. The summed E-state index contributed by atoms with van der Waals surface area (Å²) in [5, 5.41) is 19.9. The highest BCUT2D eigenvalue weighted by atomic mass is 32.2.